The van der Waals surface area contributed by atoms with Crippen LogP contribution in [0.1, 0.15) is 6.92 Å². The molecule has 0 saturated carbocycles. The summed E-state index contributed by atoms with van der Waals surface area (Å²) in [6.45, 7) is 1.07. The molecule has 0 radical (unpaired) electrons. The van der Waals surface area contributed by atoms with Crippen LogP contribution in [0.2, 0.25) is 0 Å². The van der Waals surface area contributed by atoms with Crippen LogP contribution in [0.25, 0.3) is 0 Å². The molecule has 1 aliphatic heterocycles. The second-order valence-electron chi connectivity index (χ2n) is 2.85. The lowest BCUT2D eigenvalue weighted by atomic mass is 10.3. The molecule has 0 bridgehead atoms. The van der Waals surface area contributed by atoms with Crippen LogP contribution in [0, 0.1) is 0 Å². The fourth-order valence-electron chi connectivity index (χ4n) is 1.09. The van der Waals surface area contributed by atoms with E-state index in [1.807, 2.05) is 0 Å². The molecule has 82 valence electrons. The predicted molar refractivity (Wildman–Crippen MR) is 37.3 cm³/mol. The maximum absolute atomic E-state index is 12.5. The molecule has 1 fully saturated rings. The fraction of sp³-hybridized carbons (Fsp3) is 0.857. The van der Waals surface area contributed by atoms with Crippen LogP contribution < -0.4 is 0 Å². The van der Waals surface area contributed by atoms with Gasteiger partial charge in [0.25, 0.3) is 0 Å². The number of methoxy groups -OCH3 is 1. The third-order valence-electron chi connectivity index (χ3n) is 1.72. The van der Waals surface area contributed by atoms with Crippen molar-refractivity contribution in [3.05, 3.63) is 0 Å². The molecule has 2 unspecified atom stereocenters. The Kier molecular flexibility index (Phi) is 2.73. The van der Waals surface area contributed by atoms with Crippen molar-refractivity contribution < 1.29 is 32.2 Å². The van der Waals surface area contributed by atoms with Crippen molar-refractivity contribution in [3.63, 3.8) is 0 Å². The molecule has 1 aliphatic rings. The van der Waals surface area contributed by atoms with Gasteiger partial charge in [-0.1, -0.05) is 0 Å². The summed E-state index contributed by atoms with van der Waals surface area (Å²) in [5.41, 5.74) is 0. The lowest BCUT2D eigenvalue weighted by Crippen LogP contribution is -2.54. The molecule has 1 rings (SSSR count). The summed E-state index contributed by atoms with van der Waals surface area (Å²) >= 11 is 0. The molecule has 0 aromatic heterocycles. The van der Waals surface area contributed by atoms with Crippen LogP contribution in [0.15, 0.2) is 0 Å². The van der Waals surface area contributed by atoms with Gasteiger partial charge < -0.3 is 14.2 Å². The van der Waals surface area contributed by atoms with Crippen LogP contribution >= 0.6 is 0 Å². The van der Waals surface area contributed by atoms with E-state index in [4.69, 9.17) is 0 Å². The molecule has 0 aromatic rings. The highest BCUT2D eigenvalue weighted by Gasteiger charge is 2.68. The van der Waals surface area contributed by atoms with Gasteiger partial charge in [-0.2, -0.15) is 13.2 Å². The van der Waals surface area contributed by atoms with E-state index < -0.39 is 24.0 Å². The molecular weight excluding hydrogens is 205 g/mol. The Balaban J connectivity index is 2.98. The van der Waals surface area contributed by atoms with E-state index >= 15 is 0 Å². The summed E-state index contributed by atoms with van der Waals surface area (Å²) in [6.07, 6.45) is -5.74. The molecule has 0 spiro atoms. The molecular formula is C7H9F3O4. The third kappa shape index (κ3) is 1.57. The summed E-state index contributed by atoms with van der Waals surface area (Å²) in [4.78, 5) is 10.9. The number of carbonyl (C=O) groups excluding carboxylic acids is 1. The summed E-state index contributed by atoms with van der Waals surface area (Å²) < 4.78 is 50.2. The number of ether oxygens (including phenoxy) is 3. The summed E-state index contributed by atoms with van der Waals surface area (Å²) in [6, 6.07) is 0. The van der Waals surface area contributed by atoms with Crippen LogP contribution in [0.3, 0.4) is 0 Å². The molecule has 0 amide bonds. The zero-order valence-electron chi connectivity index (χ0n) is 7.55. The van der Waals surface area contributed by atoms with Gasteiger partial charge in [0.15, 0.2) is 0 Å². The number of hydrogen-bond acceptors (Lipinski definition) is 4. The highest BCUT2D eigenvalue weighted by Crippen LogP contribution is 2.40. The fourth-order valence-corrected chi connectivity index (χ4v) is 1.09. The van der Waals surface area contributed by atoms with E-state index in [0.717, 1.165) is 7.11 Å². The second-order valence-corrected chi connectivity index (χ2v) is 2.85. The lowest BCUT2D eigenvalue weighted by Gasteiger charge is -2.26. The van der Waals surface area contributed by atoms with E-state index in [2.05, 4.69) is 14.2 Å². The normalized spacial score (nSPS) is 33.1. The van der Waals surface area contributed by atoms with Gasteiger partial charge in [-0.15, -0.1) is 0 Å². The van der Waals surface area contributed by atoms with Gasteiger partial charge in [-0.3, -0.25) is 0 Å². The minimum Gasteiger partial charge on any atom is -0.465 e. The number of halogens is 3. The van der Waals surface area contributed by atoms with Gasteiger partial charge in [0.2, 0.25) is 0 Å². The van der Waals surface area contributed by atoms with Gasteiger partial charge in [-0.25, -0.2) is 4.79 Å². The molecule has 4 nitrogen and oxygen atoms in total. The van der Waals surface area contributed by atoms with E-state index in [-0.39, 0.29) is 6.61 Å². The topological polar surface area (TPSA) is 44.8 Å². The number of alkyl halides is 3. The van der Waals surface area contributed by atoms with Crippen molar-refractivity contribution in [3.8, 4) is 0 Å². The van der Waals surface area contributed by atoms with Crippen molar-refractivity contribution in [2.75, 3.05) is 13.7 Å². The Morgan fingerprint density at radius 2 is 2.14 bits per heavy atom. The first kappa shape index (κ1) is 11.3. The minimum absolute atomic E-state index is 0.297. The van der Waals surface area contributed by atoms with Gasteiger partial charge in [-0.05, 0) is 6.92 Å². The smallest absolute Gasteiger partial charge is 0.455 e. The number of rotatable bonds is 1. The summed E-state index contributed by atoms with van der Waals surface area (Å²) in [7, 11) is 0.839. The van der Waals surface area contributed by atoms with Gasteiger partial charge in [0, 0.05) is 0 Å². The first-order valence-electron chi connectivity index (χ1n) is 3.80. The predicted octanol–water partition coefficient (Wildman–Crippen LogP) is 0.853. The Labute approximate surface area is 77.9 Å². The molecule has 7 heteroatoms. The zero-order chi connectivity index (χ0) is 11.0. The molecule has 14 heavy (non-hydrogen) atoms. The molecule has 2 atom stereocenters. The van der Waals surface area contributed by atoms with Crippen LogP contribution in [-0.2, 0) is 19.0 Å². The molecule has 1 saturated heterocycles. The molecule has 0 aromatic carbocycles. The maximum Gasteiger partial charge on any atom is 0.455 e. The van der Waals surface area contributed by atoms with Crippen LogP contribution in [0.5, 0.6) is 0 Å². The summed E-state index contributed by atoms with van der Waals surface area (Å²) in [5.74, 6) is -4.84. The maximum atomic E-state index is 12.5. The largest absolute Gasteiger partial charge is 0.465 e. The van der Waals surface area contributed by atoms with E-state index in [1.54, 1.807) is 0 Å². The lowest BCUT2D eigenvalue weighted by molar-refractivity contribution is -0.335. The molecule has 0 aliphatic carbocycles. The standard InChI is InChI=1S/C7H9F3O4/c1-4-3-13-6(14-4,5(11)12-2)7(8,9)10/h4H,3H2,1-2H3. The van der Waals surface area contributed by atoms with Crippen molar-refractivity contribution in [1.82, 2.24) is 0 Å². The van der Waals surface area contributed by atoms with E-state index in [1.165, 1.54) is 6.92 Å². The molecule has 1 heterocycles. The first-order chi connectivity index (χ1) is 6.33. The van der Waals surface area contributed by atoms with Crippen molar-refractivity contribution in [2.24, 2.45) is 0 Å². The van der Waals surface area contributed by atoms with Gasteiger partial charge >= 0.3 is 17.9 Å². The van der Waals surface area contributed by atoms with Crippen molar-refractivity contribution >= 4 is 5.97 Å². The Morgan fingerprint density at radius 3 is 2.43 bits per heavy atom. The molecule has 0 N–H and O–H groups in total. The zero-order valence-corrected chi connectivity index (χ0v) is 7.55. The van der Waals surface area contributed by atoms with E-state index in [0.29, 0.717) is 0 Å². The highest BCUT2D eigenvalue weighted by molar-refractivity contribution is 5.79. The van der Waals surface area contributed by atoms with Crippen LogP contribution in [-0.4, -0.2) is 37.8 Å². The van der Waals surface area contributed by atoms with Crippen molar-refractivity contribution in [1.29, 1.82) is 0 Å². The van der Waals surface area contributed by atoms with Crippen molar-refractivity contribution in [2.45, 2.75) is 25.0 Å². The van der Waals surface area contributed by atoms with Gasteiger partial charge in [0.05, 0.1) is 19.8 Å². The summed E-state index contributed by atoms with van der Waals surface area (Å²) in [5, 5.41) is 0. The average Bonchev–Trinajstić information content (AvgIpc) is 2.46. The number of carbonyl (C=O) groups is 1. The SMILES string of the molecule is COC(=O)C1(C(F)(F)F)OCC(C)O1. The number of esters is 1. The first-order valence-corrected chi connectivity index (χ1v) is 3.80. The Bertz CT molecular complexity index is 240. The van der Waals surface area contributed by atoms with E-state index in [9.17, 15) is 18.0 Å². The second kappa shape index (κ2) is 3.39. The number of hydrogen-bond donors (Lipinski definition) is 0. The quantitative estimate of drug-likeness (QED) is 0.607. The third-order valence-corrected chi connectivity index (χ3v) is 1.72. The minimum atomic E-state index is -4.94. The highest BCUT2D eigenvalue weighted by atomic mass is 19.4. The van der Waals surface area contributed by atoms with Gasteiger partial charge in [0.1, 0.15) is 0 Å². The Morgan fingerprint density at radius 1 is 1.57 bits per heavy atom. The monoisotopic (exact) mass is 214 g/mol. The Hall–Kier alpha value is -0.820. The van der Waals surface area contributed by atoms with Crippen LogP contribution in [0.4, 0.5) is 13.2 Å². The average molecular weight is 214 g/mol.